The molecule has 0 aromatic rings. The summed E-state index contributed by atoms with van der Waals surface area (Å²) >= 11 is 0. The Balaban J connectivity index is -0.000000249. The van der Waals surface area contributed by atoms with Crippen LogP contribution in [0.4, 0.5) is 0 Å². The first kappa shape index (κ1) is 17.3. The first-order valence-electron chi connectivity index (χ1n) is 4.23. The van der Waals surface area contributed by atoms with Gasteiger partial charge in [-0.15, -0.1) is 0 Å². The summed E-state index contributed by atoms with van der Waals surface area (Å²) in [4.78, 5) is 0. The molecule has 0 N–H and O–H groups in total. The third kappa shape index (κ3) is 16.1. The van der Waals surface area contributed by atoms with Crippen molar-refractivity contribution in [3.05, 3.63) is 36.0 Å². The highest BCUT2D eigenvalue weighted by Gasteiger charge is 1.72. The van der Waals surface area contributed by atoms with Crippen LogP contribution in [0.1, 0.15) is 42.0 Å². The molecule has 0 heterocycles. The molecule has 0 atom stereocenters. The standard InChI is InChI=1S/C9H14.C2H6.CH4/c1-4-6-8-9(3)7-5-2;1-2;/h4-8H,1-3H3;1-2H3;1H4/b6-4?,7-5-,9-8-;;. The van der Waals surface area contributed by atoms with E-state index in [1.54, 1.807) is 0 Å². The van der Waals surface area contributed by atoms with Gasteiger partial charge in [-0.25, -0.2) is 0 Å². The van der Waals surface area contributed by atoms with Gasteiger partial charge >= 0.3 is 0 Å². The van der Waals surface area contributed by atoms with Gasteiger partial charge in [-0.05, 0) is 20.8 Å². The van der Waals surface area contributed by atoms with E-state index < -0.39 is 0 Å². The maximum Gasteiger partial charge on any atom is -0.0398 e. The van der Waals surface area contributed by atoms with Gasteiger partial charge in [0.15, 0.2) is 0 Å². The van der Waals surface area contributed by atoms with Crippen LogP contribution in [0.25, 0.3) is 0 Å². The zero-order valence-electron chi connectivity index (χ0n) is 8.39. The van der Waals surface area contributed by atoms with Crippen molar-refractivity contribution < 1.29 is 0 Å². The number of hydrogen-bond donors (Lipinski definition) is 0. The fourth-order valence-electron chi connectivity index (χ4n) is 0.566. The second-order valence-corrected chi connectivity index (χ2v) is 1.94. The van der Waals surface area contributed by atoms with Gasteiger partial charge in [0.2, 0.25) is 0 Å². The molecule has 0 unspecified atom stereocenters. The van der Waals surface area contributed by atoms with Crippen molar-refractivity contribution >= 4 is 0 Å². The fourth-order valence-corrected chi connectivity index (χ4v) is 0.566. The third-order valence-corrected chi connectivity index (χ3v) is 0.981. The highest BCUT2D eigenvalue weighted by atomic mass is 13.8. The van der Waals surface area contributed by atoms with Gasteiger partial charge in [0.05, 0.1) is 0 Å². The molecule has 0 amide bonds. The van der Waals surface area contributed by atoms with Gasteiger partial charge in [0.1, 0.15) is 0 Å². The SMILES string of the molecule is C.CC.CC=C/C=C(C)\C=C/C. The molecule has 0 aliphatic rings. The van der Waals surface area contributed by atoms with E-state index in [4.69, 9.17) is 0 Å². The number of rotatable bonds is 2. The molecule has 0 aromatic carbocycles. The monoisotopic (exact) mass is 168 g/mol. The van der Waals surface area contributed by atoms with Gasteiger partial charge in [0, 0.05) is 0 Å². The minimum absolute atomic E-state index is 0. The summed E-state index contributed by atoms with van der Waals surface area (Å²) < 4.78 is 0. The van der Waals surface area contributed by atoms with Crippen molar-refractivity contribution in [2.45, 2.75) is 42.0 Å². The second kappa shape index (κ2) is 16.7. The summed E-state index contributed by atoms with van der Waals surface area (Å²) in [6, 6.07) is 0. The molecule has 0 aliphatic heterocycles. The first-order valence-corrected chi connectivity index (χ1v) is 4.23. The highest BCUT2D eigenvalue weighted by molar-refractivity contribution is 5.20. The molecular formula is C12H24. The van der Waals surface area contributed by atoms with Crippen LogP contribution in [0.15, 0.2) is 36.0 Å². The highest BCUT2D eigenvalue weighted by Crippen LogP contribution is 1.93. The van der Waals surface area contributed by atoms with E-state index in [0.29, 0.717) is 0 Å². The maximum absolute atomic E-state index is 2.08. The molecule has 0 nitrogen and oxygen atoms in total. The van der Waals surface area contributed by atoms with E-state index >= 15 is 0 Å². The normalized spacial score (nSPS) is 10.9. The summed E-state index contributed by atoms with van der Waals surface area (Å²) in [6.07, 6.45) is 10.3. The van der Waals surface area contributed by atoms with E-state index in [0.717, 1.165) is 0 Å². The lowest BCUT2D eigenvalue weighted by Gasteiger charge is -1.83. The Morgan fingerprint density at radius 3 is 1.83 bits per heavy atom. The second-order valence-electron chi connectivity index (χ2n) is 1.94. The Hall–Kier alpha value is -0.780. The van der Waals surface area contributed by atoms with Crippen LogP contribution in [0, 0.1) is 0 Å². The van der Waals surface area contributed by atoms with Crippen molar-refractivity contribution in [2.24, 2.45) is 0 Å². The Morgan fingerprint density at radius 1 is 1.00 bits per heavy atom. The molecule has 0 fully saturated rings. The van der Waals surface area contributed by atoms with Crippen molar-refractivity contribution in [2.75, 3.05) is 0 Å². The molecular weight excluding hydrogens is 144 g/mol. The van der Waals surface area contributed by atoms with Crippen molar-refractivity contribution in [3.63, 3.8) is 0 Å². The molecule has 0 spiro atoms. The quantitative estimate of drug-likeness (QED) is 0.522. The molecule has 0 aliphatic carbocycles. The summed E-state index contributed by atoms with van der Waals surface area (Å²) in [7, 11) is 0. The molecule has 0 radical (unpaired) electrons. The zero-order valence-corrected chi connectivity index (χ0v) is 8.39. The zero-order chi connectivity index (χ0) is 9.11. The fraction of sp³-hybridized carbons (Fsp3) is 0.500. The van der Waals surface area contributed by atoms with Crippen molar-refractivity contribution in [1.29, 1.82) is 0 Å². The Labute approximate surface area is 78.7 Å². The molecule has 0 heteroatoms. The maximum atomic E-state index is 2.08. The average molecular weight is 168 g/mol. The van der Waals surface area contributed by atoms with Crippen LogP contribution in [-0.4, -0.2) is 0 Å². The molecule has 0 saturated heterocycles. The Kier molecular flexibility index (Phi) is 24.1. The lowest BCUT2D eigenvalue weighted by Crippen LogP contribution is -1.62. The smallest absolute Gasteiger partial charge is 0.0398 e. The summed E-state index contributed by atoms with van der Waals surface area (Å²) in [5.41, 5.74) is 1.29. The van der Waals surface area contributed by atoms with Crippen LogP contribution >= 0.6 is 0 Å². The molecule has 0 rings (SSSR count). The van der Waals surface area contributed by atoms with Gasteiger partial charge in [-0.3, -0.25) is 0 Å². The van der Waals surface area contributed by atoms with Crippen LogP contribution < -0.4 is 0 Å². The summed E-state index contributed by atoms with van der Waals surface area (Å²) in [5.74, 6) is 0. The molecule has 0 saturated carbocycles. The predicted molar refractivity (Wildman–Crippen MR) is 61.5 cm³/mol. The number of allylic oxidation sites excluding steroid dienone is 6. The summed E-state index contributed by atoms with van der Waals surface area (Å²) in [6.45, 7) is 10.1. The lowest BCUT2D eigenvalue weighted by molar-refractivity contribution is 1.50. The first-order chi connectivity index (χ1) is 5.31. The van der Waals surface area contributed by atoms with Crippen molar-refractivity contribution in [1.82, 2.24) is 0 Å². The van der Waals surface area contributed by atoms with Crippen LogP contribution in [0.5, 0.6) is 0 Å². The topological polar surface area (TPSA) is 0 Å². The van der Waals surface area contributed by atoms with Gasteiger partial charge < -0.3 is 0 Å². The van der Waals surface area contributed by atoms with Gasteiger partial charge in [0.25, 0.3) is 0 Å². The Morgan fingerprint density at radius 2 is 1.50 bits per heavy atom. The molecule has 0 aromatic heterocycles. The van der Waals surface area contributed by atoms with E-state index in [1.807, 2.05) is 45.9 Å². The van der Waals surface area contributed by atoms with Gasteiger partial charge in [-0.2, -0.15) is 0 Å². The van der Waals surface area contributed by atoms with Gasteiger partial charge in [-0.1, -0.05) is 57.2 Å². The van der Waals surface area contributed by atoms with E-state index in [9.17, 15) is 0 Å². The Bertz CT molecular complexity index is 136. The lowest BCUT2D eigenvalue weighted by atomic mass is 10.2. The number of hydrogen-bond acceptors (Lipinski definition) is 0. The molecule has 12 heavy (non-hydrogen) atoms. The molecule has 72 valence electrons. The van der Waals surface area contributed by atoms with Crippen molar-refractivity contribution in [3.8, 4) is 0 Å². The minimum Gasteiger partial charge on any atom is -0.0877 e. The third-order valence-electron chi connectivity index (χ3n) is 0.981. The van der Waals surface area contributed by atoms with Crippen LogP contribution in [-0.2, 0) is 0 Å². The molecule has 0 bridgehead atoms. The van der Waals surface area contributed by atoms with E-state index in [2.05, 4.69) is 19.1 Å². The average Bonchev–Trinajstić information content (AvgIpc) is 2.05. The van der Waals surface area contributed by atoms with E-state index in [1.165, 1.54) is 5.57 Å². The summed E-state index contributed by atoms with van der Waals surface area (Å²) in [5, 5.41) is 0. The van der Waals surface area contributed by atoms with Crippen LogP contribution in [0.3, 0.4) is 0 Å². The van der Waals surface area contributed by atoms with Crippen LogP contribution in [0.2, 0.25) is 0 Å². The minimum atomic E-state index is 0. The largest absolute Gasteiger partial charge is 0.0877 e. The van der Waals surface area contributed by atoms with E-state index in [-0.39, 0.29) is 7.43 Å². The predicted octanol–water partition coefficient (Wildman–Crippen LogP) is 4.75.